The molecule has 0 atom stereocenters. The highest BCUT2D eigenvalue weighted by atomic mass is 35.5. The van der Waals surface area contributed by atoms with Crippen LogP contribution in [-0.2, 0) is 0 Å². The van der Waals surface area contributed by atoms with Crippen LogP contribution < -0.4 is 9.47 Å². The standard InChI is InChI=1S/C15H6Cl2F6O3/c16-7-1-3-9(11(5-7)25-14(18,19)20)13(24)10-4-2-8(17)6-12(10)26-15(21,22)23/h1-6H. The lowest BCUT2D eigenvalue weighted by Gasteiger charge is -2.15. The number of carbonyl (C=O) groups excluding carboxylic acids is 1. The number of halogens is 8. The SMILES string of the molecule is O=C(c1ccc(Cl)cc1OC(F)(F)F)c1ccc(Cl)cc1OC(F)(F)F. The van der Waals surface area contributed by atoms with Crippen molar-refractivity contribution < 1.29 is 40.6 Å². The van der Waals surface area contributed by atoms with Gasteiger partial charge in [-0.3, -0.25) is 4.79 Å². The molecule has 0 amide bonds. The summed E-state index contributed by atoms with van der Waals surface area (Å²) in [6.07, 6.45) is -10.3. The molecule has 26 heavy (non-hydrogen) atoms. The topological polar surface area (TPSA) is 35.5 Å². The van der Waals surface area contributed by atoms with Gasteiger partial charge in [0, 0.05) is 10.0 Å². The molecular weight excluding hydrogens is 413 g/mol. The molecule has 0 spiro atoms. The van der Waals surface area contributed by atoms with E-state index >= 15 is 0 Å². The van der Waals surface area contributed by atoms with Gasteiger partial charge in [0.2, 0.25) is 0 Å². The number of benzene rings is 2. The Hall–Kier alpha value is -2.13. The molecule has 11 heteroatoms. The van der Waals surface area contributed by atoms with Gasteiger partial charge in [-0.2, -0.15) is 0 Å². The van der Waals surface area contributed by atoms with Crippen LogP contribution in [-0.4, -0.2) is 18.5 Å². The summed E-state index contributed by atoms with van der Waals surface area (Å²) in [7, 11) is 0. The second-order valence-electron chi connectivity index (χ2n) is 4.71. The molecule has 0 unspecified atom stereocenters. The molecule has 0 heterocycles. The van der Waals surface area contributed by atoms with Gasteiger partial charge in [-0.05, 0) is 36.4 Å². The Bertz CT molecular complexity index is 766. The van der Waals surface area contributed by atoms with Gasteiger partial charge in [0.05, 0.1) is 11.1 Å². The predicted octanol–water partition coefficient (Wildman–Crippen LogP) is 6.02. The summed E-state index contributed by atoms with van der Waals surface area (Å²) in [4.78, 5) is 12.5. The lowest BCUT2D eigenvalue weighted by molar-refractivity contribution is -0.275. The average molecular weight is 419 g/mol. The van der Waals surface area contributed by atoms with E-state index in [4.69, 9.17) is 23.2 Å². The Morgan fingerprint density at radius 1 is 0.731 bits per heavy atom. The van der Waals surface area contributed by atoms with E-state index in [1.165, 1.54) is 0 Å². The maximum atomic E-state index is 12.5. The first-order valence-corrected chi connectivity index (χ1v) is 7.26. The quantitative estimate of drug-likeness (QED) is 0.449. The molecule has 0 N–H and O–H groups in total. The molecule has 0 aromatic heterocycles. The summed E-state index contributed by atoms with van der Waals surface area (Å²) in [5, 5.41) is -0.354. The molecule has 2 aromatic rings. The number of carbonyl (C=O) groups is 1. The van der Waals surface area contributed by atoms with Crippen LogP contribution in [0.2, 0.25) is 10.0 Å². The third kappa shape index (κ3) is 5.43. The predicted molar refractivity (Wildman–Crippen MR) is 79.7 cm³/mol. The van der Waals surface area contributed by atoms with Gasteiger partial charge in [-0.1, -0.05) is 23.2 Å². The zero-order valence-corrected chi connectivity index (χ0v) is 13.7. The van der Waals surface area contributed by atoms with E-state index in [-0.39, 0.29) is 10.0 Å². The number of ether oxygens (including phenoxy) is 2. The molecule has 0 saturated carbocycles. The van der Waals surface area contributed by atoms with Crippen molar-refractivity contribution in [2.24, 2.45) is 0 Å². The van der Waals surface area contributed by atoms with Crippen LogP contribution in [0.3, 0.4) is 0 Å². The van der Waals surface area contributed by atoms with Gasteiger partial charge in [0.15, 0.2) is 5.78 Å². The molecule has 0 bridgehead atoms. The van der Waals surface area contributed by atoms with E-state index in [2.05, 4.69) is 9.47 Å². The fraction of sp³-hybridized carbons (Fsp3) is 0.133. The van der Waals surface area contributed by atoms with Crippen LogP contribution in [0.1, 0.15) is 15.9 Å². The molecule has 0 aliphatic carbocycles. The Balaban J connectivity index is 2.53. The molecule has 140 valence electrons. The lowest BCUT2D eigenvalue weighted by Crippen LogP contribution is -2.21. The second kappa shape index (κ2) is 7.24. The molecule has 2 aromatic carbocycles. The van der Waals surface area contributed by atoms with Crippen molar-refractivity contribution >= 4 is 29.0 Å². The molecule has 2 rings (SSSR count). The number of hydrogen-bond acceptors (Lipinski definition) is 3. The molecule has 0 aliphatic rings. The van der Waals surface area contributed by atoms with E-state index in [0.29, 0.717) is 12.1 Å². The Labute approximate surface area is 152 Å². The maximum absolute atomic E-state index is 12.5. The molecule has 0 radical (unpaired) electrons. The summed E-state index contributed by atoms with van der Waals surface area (Å²) < 4.78 is 82.5. The average Bonchev–Trinajstić information content (AvgIpc) is 2.43. The lowest BCUT2D eigenvalue weighted by atomic mass is 10.0. The highest BCUT2D eigenvalue weighted by Gasteiger charge is 2.35. The van der Waals surface area contributed by atoms with Crippen molar-refractivity contribution in [1.29, 1.82) is 0 Å². The summed E-state index contributed by atoms with van der Waals surface area (Å²) >= 11 is 11.2. The van der Waals surface area contributed by atoms with Crippen LogP contribution in [0.5, 0.6) is 11.5 Å². The van der Waals surface area contributed by atoms with E-state index in [1.54, 1.807) is 0 Å². The van der Waals surface area contributed by atoms with Crippen molar-refractivity contribution in [2.75, 3.05) is 0 Å². The van der Waals surface area contributed by atoms with Gasteiger partial charge in [-0.15, -0.1) is 26.3 Å². The minimum absolute atomic E-state index is 0.177. The number of alkyl halides is 6. The van der Waals surface area contributed by atoms with Gasteiger partial charge < -0.3 is 9.47 Å². The fourth-order valence-electron chi connectivity index (χ4n) is 1.93. The first kappa shape index (κ1) is 20.2. The van der Waals surface area contributed by atoms with Crippen LogP contribution in [0, 0.1) is 0 Å². The van der Waals surface area contributed by atoms with Gasteiger partial charge in [-0.25, -0.2) is 0 Å². The van der Waals surface area contributed by atoms with E-state index in [1.807, 2.05) is 0 Å². The largest absolute Gasteiger partial charge is 0.573 e. The van der Waals surface area contributed by atoms with Crippen molar-refractivity contribution in [2.45, 2.75) is 12.7 Å². The number of hydrogen-bond donors (Lipinski definition) is 0. The minimum atomic E-state index is -5.15. The summed E-state index contributed by atoms with van der Waals surface area (Å²) in [6.45, 7) is 0. The molecule has 0 saturated heterocycles. The van der Waals surface area contributed by atoms with Gasteiger partial charge >= 0.3 is 12.7 Å². The minimum Gasteiger partial charge on any atom is -0.405 e. The van der Waals surface area contributed by atoms with Crippen molar-refractivity contribution in [1.82, 2.24) is 0 Å². The first-order chi connectivity index (χ1) is 11.9. The third-order valence-electron chi connectivity index (χ3n) is 2.83. The maximum Gasteiger partial charge on any atom is 0.573 e. The van der Waals surface area contributed by atoms with Crippen molar-refractivity contribution in [3.05, 3.63) is 57.6 Å². The van der Waals surface area contributed by atoms with Gasteiger partial charge in [0.1, 0.15) is 11.5 Å². The highest BCUT2D eigenvalue weighted by molar-refractivity contribution is 6.31. The highest BCUT2D eigenvalue weighted by Crippen LogP contribution is 2.35. The van der Waals surface area contributed by atoms with Crippen LogP contribution >= 0.6 is 23.2 Å². The van der Waals surface area contributed by atoms with E-state index in [9.17, 15) is 31.1 Å². The van der Waals surface area contributed by atoms with Crippen LogP contribution in [0.25, 0.3) is 0 Å². The Morgan fingerprint density at radius 3 is 1.38 bits per heavy atom. The molecule has 0 aliphatic heterocycles. The van der Waals surface area contributed by atoms with Crippen LogP contribution in [0.15, 0.2) is 36.4 Å². The van der Waals surface area contributed by atoms with Crippen LogP contribution in [0.4, 0.5) is 26.3 Å². The fourth-order valence-corrected chi connectivity index (χ4v) is 2.26. The smallest absolute Gasteiger partial charge is 0.405 e. The Kier molecular flexibility index (Phi) is 5.62. The third-order valence-corrected chi connectivity index (χ3v) is 3.30. The summed E-state index contributed by atoms with van der Waals surface area (Å²) in [5.41, 5.74) is -1.33. The normalized spacial score (nSPS) is 12.0. The van der Waals surface area contributed by atoms with E-state index in [0.717, 1.165) is 24.3 Å². The number of ketones is 1. The number of rotatable bonds is 4. The molecular formula is C15H6Cl2F6O3. The van der Waals surface area contributed by atoms with Gasteiger partial charge in [0.25, 0.3) is 0 Å². The molecule has 3 nitrogen and oxygen atoms in total. The Morgan fingerprint density at radius 2 is 1.08 bits per heavy atom. The van der Waals surface area contributed by atoms with Crippen molar-refractivity contribution in [3.63, 3.8) is 0 Å². The molecule has 0 fully saturated rings. The van der Waals surface area contributed by atoms with Crippen molar-refractivity contribution in [3.8, 4) is 11.5 Å². The monoisotopic (exact) mass is 418 g/mol. The second-order valence-corrected chi connectivity index (χ2v) is 5.58. The zero-order chi connectivity index (χ0) is 19.7. The zero-order valence-electron chi connectivity index (χ0n) is 12.2. The summed E-state index contributed by atoms with van der Waals surface area (Å²) in [5.74, 6) is -3.15. The first-order valence-electron chi connectivity index (χ1n) is 6.51. The summed E-state index contributed by atoms with van der Waals surface area (Å²) in [6, 6.07) is 5.36. The van der Waals surface area contributed by atoms with E-state index < -0.39 is 41.1 Å².